The zero-order chi connectivity index (χ0) is 20.4. The van der Waals surface area contributed by atoms with E-state index in [1.54, 1.807) is 24.3 Å². The van der Waals surface area contributed by atoms with E-state index in [1.807, 2.05) is 36.1 Å². The van der Waals surface area contributed by atoms with Gasteiger partial charge in [-0.3, -0.25) is 0 Å². The Labute approximate surface area is 185 Å². The van der Waals surface area contributed by atoms with Crippen LogP contribution in [0.1, 0.15) is 31.2 Å². The normalized spacial score (nSPS) is 15.3. The quantitative estimate of drug-likeness (QED) is 0.426. The Morgan fingerprint density at radius 2 is 1.62 bits per heavy atom. The van der Waals surface area contributed by atoms with Crippen molar-refractivity contribution in [2.45, 2.75) is 42.5 Å². The second-order valence-corrected chi connectivity index (χ2v) is 10.4. The van der Waals surface area contributed by atoms with Crippen LogP contribution in [0.4, 0.5) is 5.88 Å². The maximum Gasteiger partial charge on any atom is 0.236 e. The van der Waals surface area contributed by atoms with Gasteiger partial charge < -0.3 is 9.32 Å². The molecule has 1 aliphatic rings. The molecule has 1 saturated heterocycles. The van der Waals surface area contributed by atoms with Crippen LogP contribution < -0.4 is 4.90 Å². The first kappa shape index (κ1) is 20.4. The highest BCUT2D eigenvalue weighted by molar-refractivity contribution is 14.1. The van der Waals surface area contributed by atoms with Gasteiger partial charge >= 0.3 is 0 Å². The van der Waals surface area contributed by atoms with Crippen molar-refractivity contribution in [3.63, 3.8) is 0 Å². The largest absolute Gasteiger partial charge is 0.419 e. The number of sulfone groups is 1. The van der Waals surface area contributed by atoms with Crippen molar-refractivity contribution in [1.82, 2.24) is 4.98 Å². The van der Waals surface area contributed by atoms with Crippen molar-refractivity contribution in [3.05, 3.63) is 57.7 Å². The predicted octanol–water partition coefficient (Wildman–Crippen LogP) is 5.47. The molecule has 1 fully saturated rings. The average molecular weight is 522 g/mol. The minimum Gasteiger partial charge on any atom is -0.419 e. The number of hydrogen-bond donors (Lipinski definition) is 0. The Morgan fingerprint density at radius 3 is 2.28 bits per heavy atom. The highest BCUT2D eigenvalue weighted by atomic mass is 127. The zero-order valence-corrected chi connectivity index (χ0v) is 19.2. The van der Waals surface area contributed by atoms with Gasteiger partial charge in [0.2, 0.25) is 26.6 Å². The number of rotatable bonds is 4. The molecule has 0 unspecified atom stereocenters. The van der Waals surface area contributed by atoms with E-state index in [1.165, 1.54) is 0 Å². The van der Waals surface area contributed by atoms with Gasteiger partial charge in [-0.25, -0.2) is 8.42 Å². The number of oxazole rings is 1. The van der Waals surface area contributed by atoms with E-state index in [4.69, 9.17) is 4.42 Å². The Balaban J connectivity index is 1.86. The van der Waals surface area contributed by atoms with Crippen LogP contribution in [0, 0.1) is 10.5 Å². The number of aryl methyl sites for hydroxylation is 1. The molecule has 29 heavy (non-hydrogen) atoms. The summed E-state index contributed by atoms with van der Waals surface area (Å²) in [6, 6.07) is 14.6. The van der Waals surface area contributed by atoms with Crippen LogP contribution in [-0.2, 0) is 9.84 Å². The first-order chi connectivity index (χ1) is 14.0. The molecule has 3 aromatic rings. The second-order valence-electron chi connectivity index (χ2n) is 7.33. The third-order valence-electron chi connectivity index (χ3n) is 5.16. The minimum absolute atomic E-state index is 0.0120. The molecule has 152 valence electrons. The standard InChI is InChI=1S/C22H23IN2O3S/c1-16-10-12-17(13-11-16)29(26,27)21-22(25-14-6-2-3-7-15-25)28-20(24-21)18-8-4-5-9-19(18)23/h4-5,8-13H,2-3,6-7,14-15H2,1H3. The number of hydrogen-bond acceptors (Lipinski definition) is 5. The summed E-state index contributed by atoms with van der Waals surface area (Å²) in [6.45, 7) is 3.48. The SMILES string of the molecule is Cc1ccc(S(=O)(=O)c2nc(-c3ccccc3I)oc2N2CCCCCC2)cc1. The highest BCUT2D eigenvalue weighted by Gasteiger charge is 2.32. The van der Waals surface area contributed by atoms with E-state index in [9.17, 15) is 8.42 Å². The molecule has 1 aromatic heterocycles. The molecule has 0 radical (unpaired) electrons. The van der Waals surface area contributed by atoms with E-state index >= 15 is 0 Å². The summed E-state index contributed by atoms with van der Waals surface area (Å²) in [5, 5.41) is 0.0120. The molecular formula is C22H23IN2O3S. The Morgan fingerprint density at radius 1 is 0.966 bits per heavy atom. The van der Waals surface area contributed by atoms with Crippen molar-refractivity contribution in [3.8, 4) is 11.5 Å². The van der Waals surface area contributed by atoms with Crippen molar-refractivity contribution < 1.29 is 12.8 Å². The fourth-order valence-corrected chi connectivity index (χ4v) is 5.47. The first-order valence-corrected chi connectivity index (χ1v) is 12.4. The van der Waals surface area contributed by atoms with Crippen molar-refractivity contribution in [1.29, 1.82) is 0 Å². The van der Waals surface area contributed by atoms with Gasteiger partial charge in [0.1, 0.15) is 0 Å². The van der Waals surface area contributed by atoms with Gasteiger partial charge in [-0.2, -0.15) is 4.98 Å². The van der Waals surface area contributed by atoms with E-state index in [-0.39, 0.29) is 9.92 Å². The van der Waals surface area contributed by atoms with Crippen LogP contribution in [0.2, 0.25) is 0 Å². The van der Waals surface area contributed by atoms with Crippen LogP contribution in [0.25, 0.3) is 11.5 Å². The molecule has 0 aliphatic carbocycles. The minimum atomic E-state index is -3.80. The van der Waals surface area contributed by atoms with Crippen molar-refractivity contribution >= 4 is 38.3 Å². The monoisotopic (exact) mass is 522 g/mol. The summed E-state index contributed by atoms with van der Waals surface area (Å²) in [6.07, 6.45) is 4.33. The number of aromatic nitrogens is 1. The molecule has 2 heterocycles. The summed E-state index contributed by atoms with van der Waals surface area (Å²) in [7, 11) is -3.80. The van der Waals surface area contributed by atoms with Gasteiger partial charge in [-0.1, -0.05) is 42.7 Å². The molecule has 0 saturated carbocycles. The van der Waals surface area contributed by atoms with E-state index in [0.29, 0.717) is 11.8 Å². The molecule has 2 aromatic carbocycles. The Hall–Kier alpha value is -1.87. The summed E-state index contributed by atoms with van der Waals surface area (Å²) >= 11 is 2.22. The molecule has 0 atom stereocenters. The fourth-order valence-electron chi connectivity index (χ4n) is 3.53. The molecule has 1 aliphatic heterocycles. The Bertz CT molecular complexity index is 1100. The molecule has 0 bridgehead atoms. The van der Waals surface area contributed by atoms with Gasteiger partial charge in [0, 0.05) is 16.7 Å². The van der Waals surface area contributed by atoms with Crippen molar-refractivity contribution in [2.75, 3.05) is 18.0 Å². The molecule has 4 rings (SSSR count). The topological polar surface area (TPSA) is 63.4 Å². The highest BCUT2D eigenvalue weighted by Crippen LogP contribution is 2.36. The lowest BCUT2D eigenvalue weighted by atomic mass is 10.2. The Kier molecular flexibility index (Phi) is 5.96. The summed E-state index contributed by atoms with van der Waals surface area (Å²) in [5.74, 6) is 0.710. The number of benzene rings is 2. The number of halogens is 1. The van der Waals surface area contributed by atoms with Crippen LogP contribution in [0.3, 0.4) is 0 Å². The van der Waals surface area contributed by atoms with E-state index in [2.05, 4.69) is 27.6 Å². The van der Waals surface area contributed by atoms with E-state index < -0.39 is 9.84 Å². The third kappa shape index (κ3) is 4.21. The van der Waals surface area contributed by atoms with Gasteiger partial charge in [0.05, 0.1) is 10.5 Å². The van der Waals surface area contributed by atoms with Crippen LogP contribution in [0.15, 0.2) is 62.9 Å². The fraction of sp³-hybridized carbons (Fsp3) is 0.318. The maximum atomic E-state index is 13.5. The molecular weight excluding hydrogens is 499 g/mol. The van der Waals surface area contributed by atoms with Gasteiger partial charge in [0.15, 0.2) is 0 Å². The molecule has 0 amide bonds. The second kappa shape index (κ2) is 8.47. The summed E-state index contributed by atoms with van der Waals surface area (Å²) in [5.41, 5.74) is 1.81. The zero-order valence-electron chi connectivity index (χ0n) is 16.3. The summed E-state index contributed by atoms with van der Waals surface area (Å²) in [4.78, 5) is 6.80. The van der Waals surface area contributed by atoms with Gasteiger partial charge in [0.25, 0.3) is 0 Å². The van der Waals surface area contributed by atoms with Crippen LogP contribution in [0.5, 0.6) is 0 Å². The average Bonchev–Trinajstić information content (AvgIpc) is 2.98. The van der Waals surface area contributed by atoms with Crippen LogP contribution >= 0.6 is 22.6 Å². The summed E-state index contributed by atoms with van der Waals surface area (Å²) < 4.78 is 34.1. The maximum absolute atomic E-state index is 13.5. The lowest BCUT2D eigenvalue weighted by Gasteiger charge is -2.20. The predicted molar refractivity (Wildman–Crippen MR) is 122 cm³/mol. The first-order valence-electron chi connectivity index (χ1n) is 9.79. The van der Waals surface area contributed by atoms with Crippen molar-refractivity contribution in [2.24, 2.45) is 0 Å². The smallest absolute Gasteiger partial charge is 0.236 e. The van der Waals surface area contributed by atoms with Gasteiger partial charge in [-0.15, -0.1) is 0 Å². The number of anilines is 1. The number of nitrogens with zero attached hydrogens (tertiary/aromatic N) is 2. The lowest BCUT2D eigenvalue weighted by Crippen LogP contribution is -2.25. The molecule has 0 spiro atoms. The van der Waals surface area contributed by atoms with E-state index in [0.717, 1.165) is 53.5 Å². The van der Waals surface area contributed by atoms with Gasteiger partial charge in [-0.05, 0) is 66.6 Å². The molecule has 7 heteroatoms. The third-order valence-corrected chi connectivity index (χ3v) is 7.77. The molecule has 0 N–H and O–H groups in total. The molecule has 5 nitrogen and oxygen atoms in total. The lowest BCUT2D eigenvalue weighted by molar-refractivity contribution is 0.543. The van der Waals surface area contributed by atoms with Crippen LogP contribution in [-0.4, -0.2) is 26.5 Å².